The molecule has 3 aliphatic carbocycles. The highest BCUT2D eigenvalue weighted by atomic mass is 16.3. The lowest BCUT2D eigenvalue weighted by atomic mass is 9.52. The van der Waals surface area contributed by atoms with Crippen LogP contribution in [-0.4, -0.2) is 75.7 Å². The van der Waals surface area contributed by atoms with Crippen molar-refractivity contribution in [1.82, 2.24) is 4.90 Å². The number of primary amides is 1. The number of phenols is 1. The summed E-state index contributed by atoms with van der Waals surface area (Å²) in [6.45, 7) is 0. The number of hydrogen-bond acceptors (Lipinski definition) is 9. The molecule has 2 unspecified atom stereocenters. The quantitative estimate of drug-likeness (QED) is 0.361. The molecule has 2 aromatic rings. The second-order valence-corrected chi connectivity index (χ2v) is 10.9. The Hall–Kier alpha value is -4.02. The van der Waals surface area contributed by atoms with Gasteiger partial charge in [0.15, 0.2) is 40.4 Å². The van der Waals surface area contributed by atoms with E-state index in [1.54, 1.807) is 24.3 Å². The van der Waals surface area contributed by atoms with Gasteiger partial charge in [0.05, 0.1) is 17.5 Å². The molecule has 202 valence electrons. The summed E-state index contributed by atoms with van der Waals surface area (Å²) in [6.07, 6.45) is 0.0177. The molecular weight excluding hydrogens is 504 g/mol. The Bertz CT molecular complexity index is 1450. The minimum atomic E-state index is -2.78. The van der Waals surface area contributed by atoms with Gasteiger partial charge in [0, 0.05) is 17.9 Å². The number of nitrogens with two attached hydrogens (primary N) is 1. The maximum Gasteiger partial charge on any atom is 0.235 e. The van der Waals surface area contributed by atoms with E-state index >= 15 is 0 Å². The van der Waals surface area contributed by atoms with E-state index in [0.29, 0.717) is 5.56 Å². The van der Waals surface area contributed by atoms with Gasteiger partial charge in [0.25, 0.3) is 0 Å². The SMILES string of the molecule is CN(C)[C@@H]1C(=O)C(C(N)=O)C(=O)[C@@]2(O)C(=O)C3C(=O)c4c(O)ccc(C(=O)Cc5ccccc5)c4C[C@H]3C[C@@H]12. The van der Waals surface area contributed by atoms with E-state index in [1.807, 2.05) is 6.07 Å². The molecule has 10 nitrogen and oxygen atoms in total. The smallest absolute Gasteiger partial charge is 0.235 e. The Morgan fingerprint density at radius 2 is 1.69 bits per heavy atom. The van der Waals surface area contributed by atoms with Crippen LogP contribution in [-0.2, 0) is 32.0 Å². The zero-order valence-electron chi connectivity index (χ0n) is 21.4. The Balaban J connectivity index is 1.59. The first-order valence-corrected chi connectivity index (χ1v) is 12.7. The third-order valence-electron chi connectivity index (χ3n) is 8.45. The van der Waals surface area contributed by atoms with Crippen LogP contribution in [0.25, 0.3) is 0 Å². The molecule has 6 atom stereocenters. The van der Waals surface area contributed by atoms with E-state index in [2.05, 4.69) is 0 Å². The molecule has 39 heavy (non-hydrogen) atoms. The lowest BCUT2D eigenvalue weighted by Crippen LogP contribution is -2.74. The van der Waals surface area contributed by atoms with Crippen LogP contribution >= 0.6 is 0 Å². The Labute approximate surface area is 223 Å². The molecular formula is C29H28N2O8. The predicted octanol–water partition coefficient (Wildman–Crippen LogP) is 0.292. The summed E-state index contributed by atoms with van der Waals surface area (Å²) in [5.41, 5.74) is 3.64. The predicted molar refractivity (Wildman–Crippen MR) is 136 cm³/mol. The number of hydrogen-bond donors (Lipinski definition) is 3. The number of phenolic OH excluding ortho intramolecular Hbond substituents is 1. The fourth-order valence-corrected chi connectivity index (χ4v) is 6.74. The lowest BCUT2D eigenvalue weighted by molar-refractivity contribution is -0.181. The maximum absolute atomic E-state index is 13.8. The first kappa shape index (κ1) is 26.6. The molecule has 0 aliphatic heterocycles. The van der Waals surface area contributed by atoms with Gasteiger partial charge in [-0.2, -0.15) is 0 Å². The van der Waals surface area contributed by atoms with Gasteiger partial charge in [-0.25, -0.2) is 0 Å². The van der Waals surface area contributed by atoms with Crippen molar-refractivity contribution in [3.63, 3.8) is 0 Å². The van der Waals surface area contributed by atoms with Crippen molar-refractivity contribution < 1.29 is 39.0 Å². The zero-order valence-corrected chi connectivity index (χ0v) is 21.4. The second kappa shape index (κ2) is 9.32. The number of amides is 1. The standard InChI is InChI=1S/C29H28N2O8/c1-31(2)23-17-12-14-11-16-15(19(33)10-13-6-4-3-5-7-13)8-9-18(32)21(16)24(34)20(14)26(36)29(17,39)27(37)22(25(23)35)28(30)38/h3-9,14,17,20,22-23,32,39H,10-12H2,1-2H3,(H2,30,38)/t14-,17-,20?,22?,23-,29-/m0/s1. The van der Waals surface area contributed by atoms with Crippen LogP contribution in [0.3, 0.4) is 0 Å². The Kier molecular flexibility index (Phi) is 6.35. The summed E-state index contributed by atoms with van der Waals surface area (Å²) in [4.78, 5) is 80.9. The molecule has 0 saturated heterocycles. The summed E-state index contributed by atoms with van der Waals surface area (Å²) in [5.74, 6) is -11.5. The second-order valence-electron chi connectivity index (χ2n) is 10.9. The largest absolute Gasteiger partial charge is 0.507 e. The van der Waals surface area contributed by atoms with Crippen molar-refractivity contribution >= 4 is 34.8 Å². The number of fused-ring (bicyclic) bond motifs is 3. The average molecular weight is 533 g/mol. The molecule has 0 bridgehead atoms. The number of nitrogens with zero attached hydrogens (tertiary/aromatic N) is 1. The van der Waals surface area contributed by atoms with Crippen molar-refractivity contribution in [3.05, 3.63) is 64.7 Å². The van der Waals surface area contributed by atoms with Crippen molar-refractivity contribution in [1.29, 1.82) is 0 Å². The van der Waals surface area contributed by atoms with E-state index in [1.165, 1.54) is 31.1 Å². The van der Waals surface area contributed by atoms with Gasteiger partial charge in [-0.3, -0.25) is 33.7 Å². The molecule has 0 spiro atoms. The molecule has 3 aliphatic rings. The summed E-state index contributed by atoms with van der Waals surface area (Å²) >= 11 is 0. The van der Waals surface area contributed by atoms with Crippen molar-refractivity contribution in [3.8, 4) is 5.75 Å². The first-order chi connectivity index (χ1) is 18.4. The van der Waals surface area contributed by atoms with E-state index in [-0.39, 0.29) is 36.2 Å². The minimum absolute atomic E-state index is 0.0378. The van der Waals surface area contributed by atoms with Crippen LogP contribution in [0.2, 0.25) is 0 Å². The van der Waals surface area contributed by atoms with Crippen molar-refractivity contribution in [2.24, 2.45) is 29.4 Å². The third kappa shape index (κ3) is 3.85. The minimum Gasteiger partial charge on any atom is -0.507 e. The first-order valence-electron chi connectivity index (χ1n) is 12.7. The van der Waals surface area contributed by atoms with Gasteiger partial charge in [0.1, 0.15) is 5.75 Å². The van der Waals surface area contributed by atoms with Crippen molar-refractivity contribution in [2.75, 3.05) is 14.1 Å². The van der Waals surface area contributed by atoms with Crippen LogP contribution in [0.4, 0.5) is 0 Å². The van der Waals surface area contributed by atoms with E-state index < -0.39 is 70.1 Å². The van der Waals surface area contributed by atoms with Gasteiger partial charge >= 0.3 is 0 Å². The summed E-state index contributed by atoms with van der Waals surface area (Å²) in [6, 6.07) is 10.5. The number of carbonyl (C=O) groups excluding carboxylic acids is 6. The van der Waals surface area contributed by atoms with Crippen LogP contribution in [0, 0.1) is 23.7 Å². The van der Waals surface area contributed by atoms with Gasteiger partial charge in [-0.15, -0.1) is 0 Å². The topological polar surface area (TPSA) is 172 Å². The van der Waals surface area contributed by atoms with E-state index in [9.17, 15) is 39.0 Å². The van der Waals surface area contributed by atoms with Gasteiger partial charge in [0.2, 0.25) is 5.91 Å². The average Bonchev–Trinajstić information content (AvgIpc) is 2.86. The van der Waals surface area contributed by atoms with Gasteiger partial charge in [-0.05, 0) is 56.1 Å². The molecule has 10 heteroatoms. The Morgan fingerprint density at radius 3 is 2.31 bits per heavy atom. The maximum atomic E-state index is 13.8. The molecule has 2 fully saturated rings. The van der Waals surface area contributed by atoms with Crippen LogP contribution in [0.5, 0.6) is 5.75 Å². The van der Waals surface area contributed by atoms with Crippen LogP contribution < -0.4 is 5.73 Å². The number of benzene rings is 2. The number of ketones is 5. The summed E-state index contributed by atoms with van der Waals surface area (Å²) in [7, 11) is 3.04. The molecule has 0 heterocycles. The lowest BCUT2D eigenvalue weighted by Gasteiger charge is -2.52. The molecule has 1 amide bonds. The number of likely N-dealkylation sites (N-methyl/N-ethyl adjacent to an activating group) is 1. The fraction of sp³-hybridized carbons (Fsp3) is 0.379. The normalized spacial score (nSPS) is 30.0. The zero-order chi connectivity index (χ0) is 28.4. The highest BCUT2D eigenvalue weighted by molar-refractivity contribution is 6.32. The monoisotopic (exact) mass is 532 g/mol. The van der Waals surface area contributed by atoms with Crippen LogP contribution in [0.15, 0.2) is 42.5 Å². The van der Waals surface area contributed by atoms with E-state index in [4.69, 9.17) is 5.73 Å². The van der Waals surface area contributed by atoms with E-state index in [0.717, 1.165) is 5.56 Å². The number of aromatic hydroxyl groups is 1. The molecule has 5 rings (SSSR count). The third-order valence-corrected chi connectivity index (χ3v) is 8.45. The molecule has 0 radical (unpaired) electrons. The molecule has 0 aromatic heterocycles. The molecule has 4 N–H and O–H groups in total. The fourth-order valence-electron chi connectivity index (χ4n) is 6.74. The number of Topliss-reactive ketones (excluding diaryl/α,β-unsaturated/α-hetero) is 5. The molecule has 2 aromatic carbocycles. The van der Waals surface area contributed by atoms with Crippen LogP contribution in [0.1, 0.15) is 38.3 Å². The Morgan fingerprint density at radius 1 is 1.03 bits per heavy atom. The summed E-state index contributed by atoms with van der Waals surface area (Å²) in [5, 5.41) is 22.2. The number of aliphatic hydroxyl groups is 1. The summed E-state index contributed by atoms with van der Waals surface area (Å²) < 4.78 is 0. The number of carbonyl (C=O) groups is 6. The van der Waals surface area contributed by atoms with Crippen molar-refractivity contribution in [2.45, 2.75) is 30.9 Å². The van der Waals surface area contributed by atoms with Gasteiger partial charge < -0.3 is 15.9 Å². The van der Waals surface area contributed by atoms with Gasteiger partial charge in [-0.1, -0.05) is 30.3 Å². The highest BCUT2D eigenvalue weighted by Gasteiger charge is 2.69. The number of rotatable bonds is 5. The highest BCUT2D eigenvalue weighted by Crippen LogP contribution is 2.51. The molecule has 2 saturated carbocycles.